The highest BCUT2D eigenvalue weighted by Gasteiger charge is 2.18. The Morgan fingerprint density at radius 2 is 1.68 bits per heavy atom. The van der Waals surface area contributed by atoms with Gasteiger partial charge in [0.15, 0.2) is 0 Å². The van der Waals surface area contributed by atoms with Crippen molar-refractivity contribution in [1.82, 2.24) is 5.32 Å². The standard InChI is InChI=1S/C14H11BrF3N/c1-19-14(8-5-9(16)7-10(17)6-8)11-3-2-4-12(18)13(11)15/h2-7,14,19H,1H3. The van der Waals surface area contributed by atoms with Crippen LogP contribution in [0.1, 0.15) is 17.2 Å². The Hall–Kier alpha value is -1.33. The maximum Gasteiger partial charge on any atom is 0.137 e. The number of hydrogen-bond acceptors (Lipinski definition) is 1. The van der Waals surface area contributed by atoms with Crippen LogP contribution in [0.2, 0.25) is 0 Å². The maximum absolute atomic E-state index is 13.5. The SMILES string of the molecule is CNC(c1cc(F)cc(F)c1)c1cccc(F)c1Br. The Bertz CT molecular complexity index is 581. The molecule has 0 fully saturated rings. The van der Waals surface area contributed by atoms with E-state index >= 15 is 0 Å². The van der Waals surface area contributed by atoms with E-state index in [1.54, 1.807) is 19.2 Å². The first-order valence-electron chi connectivity index (χ1n) is 5.60. The Labute approximate surface area is 117 Å². The largest absolute Gasteiger partial charge is 0.309 e. The van der Waals surface area contributed by atoms with Crippen LogP contribution in [0.4, 0.5) is 13.2 Å². The lowest BCUT2D eigenvalue weighted by atomic mass is 9.98. The summed E-state index contributed by atoms with van der Waals surface area (Å²) in [6.45, 7) is 0. The number of nitrogens with one attached hydrogen (secondary N) is 1. The monoisotopic (exact) mass is 329 g/mol. The molecule has 0 heterocycles. The van der Waals surface area contributed by atoms with Crippen molar-refractivity contribution in [2.75, 3.05) is 7.05 Å². The third-order valence-corrected chi connectivity index (χ3v) is 3.64. The normalized spacial score (nSPS) is 12.5. The van der Waals surface area contributed by atoms with E-state index in [1.165, 1.54) is 18.2 Å². The lowest BCUT2D eigenvalue weighted by molar-refractivity contribution is 0.569. The molecule has 19 heavy (non-hydrogen) atoms. The summed E-state index contributed by atoms with van der Waals surface area (Å²) in [4.78, 5) is 0. The highest BCUT2D eigenvalue weighted by atomic mass is 79.9. The van der Waals surface area contributed by atoms with Gasteiger partial charge in [-0.15, -0.1) is 0 Å². The fraction of sp³-hybridized carbons (Fsp3) is 0.143. The van der Waals surface area contributed by atoms with Crippen molar-refractivity contribution in [3.05, 3.63) is 69.4 Å². The summed E-state index contributed by atoms with van der Waals surface area (Å²) in [6, 6.07) is 7.30. The molecule has 100 valence electrons. The minimum absolute atomic E-state index is 0.277. The molecule has 0 aliphatic carbocycles. The van der Waals surface area contributed by atoms with Crippen molar-refractivity contribution >= 4 is 15.9 Å². The fourth-order valence-electron chi connectivity index (χ4n) is 1.99. The van der Waals surface area contributed by atoms with Gasteiger partial charge < -0.3 is 5.32 Å². The third kappa shape index (κ3) is 2.98. The van der Waals surface area contributed by atoms with E-state index in [2.05, 4.69) is 21.2 Å². The quantitative estimate of drug-likeness (QED) is 0.890. The Kier molecular flexibility index (Phi) is 4.27. The first kappa shape index (κ1) is 14.1. The molecule has 0 saturated heterocycles. The Morgan fingerprint density at radius 3 is 2.26 bits per heavy atom. The molecule has 2 aromatic carbocycles. The summed E-state index contributed by atoms with van der Waals surface area (Å²) < 4.78 is 40.3. The van der Waals surface area contributed by atoms with Crippen LogP contribution in [0.5, 0.6) is 0 Å². The summed E-state index contributed by atoms with van der Waals surface area (Å²) in [6.07, 6.45) is 0. The lowest BCUT2D eigenvalue weighted by Gasteiger charge is -2.19. The van der Waals surface area contributed by atoms with Crippen molar-refractivity contribution in [1.29, 1.82) is 0 Å². The first-order valence-corrected chi connectivity index (χ1v) is 6.39. The molecular weight excluding hydrogens is 319 g/mol. The van der Waals surface area contributed by atoms with E-state index < -0.39 is 23.5 Å². The lowest BCUT2D eigenvalue weighted by Crippen LogP contribution is -2.19. The zero-order chi connectivity index (χ0) is 14.0. The molecule has 0 amide bonds. The molecule has 0 bridgehead atoms. The van der Waals surface area contributed by atoms with Gasteiger partial charge in [0.05, 0.1) is 10.5 Å². The van der Waals surface area contributed by atoms with Crippen LogP contribution >= 0.6 is 15.9 Å². The summed E-state index contributed by atoms with van der Waals surface area (Å²) in [7, 11) is 1.64. The molecule has 1 unspecified atom stereocenters. The Balaban J connectivity index is 2.53. The van der Waals surface area contributed by atoms with Crippen molar-refractivity contribution in [3.63, 3.8) is 0 Å². The maximum atomic E-state index is 13.5. The van der Waals surface area contributed by atoms with Crippen LogP contribution in [0, 0.1) is 17.5 Å². The molecule has 0 saturated carbocycles. The molecule has 1 N–H and O–H groups in total. The van der Waals surface area contributed by atoms with Gasteiger partial charge in [-0.1, -0.05) is 12.1 Å². The average molecular weight is 330 g/mol. The molecule has 2 rings (SSSR count). The van der Waals surface area contributed by atoms with Gasteiger partial charge in [-0.3, -0.25) is 0 Å². The van der Waals surface area contributed by atoms with E-state index in [0.717, 1.165) is 6.07 Å². The first-order chi connectivity index (χ1) is 9.02. The molecule has 5 heteroatoms. The number of rotatable bonds is 3. The average Bonchev–Trinajstić information content (AvgIpc) is 2.34. The molecule has 0 aliphatic heterocycles. The summed E-state index contributed by atoms with van der Waals surface area (Å²) in [5.74, 6) is -1.75. The van der Waals surface area contributed by atoms with Crippen molar-refractivity contribution in [2.24, 2.45) is 0 Å². The second-order valence-electron chi connectivity index (χ2n) is 4.07. The van der Waals surface area contributed by atoms with Crippen molar-refractivity contribution in [2.45, 2.75) is 6.04 Å². The number of hydrogen-bond donors (Lipinski definition) is 1. The molecular formula is C14H11BrF3N. The van der Waals surface area contributed by atoms with E-state index in [4.69, 9.17) is 0 Å². The summed E-state index contributed by atoms with van der Waals surface area (Å²) in [5.41, 5.74) is 0.971. The molecule has 0 spiro atoms. The van der Waals surface area contributed by atoms with Crippen LogP contribution in [0.15, 0.2) is 40.9 Å². The topological polar surface area (TPSA) is 12.0 Å². The zero-order valence-corrected chi connectivity index (χ0v) is 11.6. The van der Waals surface area contributed by atoms with Gasteiger partial charge in [0.2, 0.25) is 0 Å². The highest BCUT2D eigenvalue weighted by molar-refractivity contribution is 9.10. The highest BCUT2D eigenvalue weighted by Crippen LogP contribution is 2.30. The molecule has 1 atom stereocenters. The Morgan fingerprint density at radius 1 is 1.05 bits per heavy atom. The molecule has 0 aliphatic rings. The van der Waals surface area contributed by atoms with E-state index in [-0.39, 0.29) is 4.47 Å². The second-order valence-corrected chi connectivity index (χ2v) is 4.86. The molecule has 0 aromatic heterocycles. The predicted molar refractivity (Wildman–Crippen MR) is 71.4 cm³/mol. The molecule has 1 nitrogen and oxygen atoms in total. The minimum atomic E-state index is -0.664. The van der Waals surface area contributed by atoms with Gasteiger partial charge in [-0.2, -0.15) is 0 Å². The fourth-order valence-corrected chi connectivity index (χ4v) is 2.48. The van der Waals surface area contributed by atoms with Crippen molar-refractivity contribution in [3.8, 4) is 0 Å². The van der Waals surface area contributed by atoms with Gasteiger partial charge in [0.25, 0.3) is 0 Å². The third-order valence-electron chi connectivity index (χ3n) is 2.80. The van der Waals surface area contributed by atoms with Crippen molar-refractivity contribution < 1.29 is 13.2 Å². The van der Waals surface area contributed by atoms with E-state index in [9.17, 15) is 13.2 Å². The predicted octanol–water partition coefficient (Wildman–Crippen LogP) is 4.18. The zero-order valence-electron chi connectivity index (χ0n) is 10.1. The van der Waals surface area contributed by atoms with Gasteiger partial charge in [-0.25, -0.2) is 13.2 Å². The molecule has 2 aromatic rings. The van der Waals surface area contributed by atoms with Gasteiger partial charge >= 0.3 is 0 Å². The summed E-state index contributed by atoms with van der Waals surface area (Å²) in [5, 5.41) is 2.93. The smallest absolute Gasteiger partial charge is 0.137 e. The number of benzene rings is 2. The number of halogens is 4. The van der Waals surface area contributed by atoms with Crippen LogP contribution < -0.4 is 5.32 Å². The van der Waals surface area contributed by atoms with Gasteiger partial charge in [-0.05, 0) is 52.3 Å². The van der Waals surface area contributed by atoms with Gasteiger partial charge in [0, 0.05) is 6.07 Å². The van der Waals surface area contributed by atoms with E-state index in [0.29, 0.717) is 11.1 Å². The van der Waals surface area contributed by atoms with Crippen LogP contribution in [0.3, 0.4) is 0 Å². The van der Waals surface area contributed by atoms with E-state index in [1.807, 2.05) is 0 Å². The van der Waals surface area contributed by atoms with Gasteiger partial charge in [0.1, 0.15) is 17.5 Å². The van der Waals surface area contributed by atoms with Crippen LogP contribution in [-0.2, 0) is 0 Å². The molecule has 0 radical (unpaired) electrons. The second kappa shape index (κ2) is 5.75. The van der Waals surface area contributed by atoms with Crippen LogP contribution in [0.25, 0.3) is 0 Å². The minimum Gasteiger partial charge on any atom is -0.309 e. The van der Waals surface area contributed by atoms with Crippen LogP contribution in [-0.4, -0.2) is 7.05 Å². The summed E-state index contributed by atoms with van der Waals surface area (Å²) >= 11 is 3.15.